The van der Waals surface area contributed by atoms with Gasteiger partial charge in [-0.2, -0.15) is 5.10 Å². The summed E-state index contributed by atoms with van der Waals surface area (Å²) in [7, 11) is 0. The fourth-order valence-electron chi connectivity index (χ4n) is 1.00. The third-order valence-corrected chi connectivity index (χ3v) is 2.46. The van der Waals surface area contributed by atoms with E-state index in [-0.39, 0.29) is 0 Å². The Labute approximate surface area is 74.4 Å². The highest BCUT2D eigenvalue weighted by Crippen LogP contribution is 2.21. The molecule has 0 unspecified atom stereocenters. The quantitative estimate of drug-likeness (QED) is 0.725. The van der Waals surface area contributed by atoms with Crippen molar-refractivity contribution in [2.45, 2.75) is 6.92 Å². The minimum Gasteiger partial charge on any atom is -0.391 e. The van der Waals surface area contributed by atoms with Crippen molar-refractivity contribution in [1.82, 2.24) is 9.78 Å². The molecule has 4 heteroatoms. The van der Waals surface area contributed by atoms with Crippen LogP contribution in [0.2, 0.25) is 0 Å². The monoisotopic (exact) mass is 179 g/mol. The molecule has 0 aliphatic carbocycles. The second-order valence-electron chi connectivity index (χ2n) is 2.58. The summed E-state index contributed by atoms with van der Waals surface area (Å²) in [5, 5.41) is 6.14. The minimum absolute atomic E-state index is 0.818. The third kappa shape index (κ3) is 1.21. The molecule has 3 nitrogen and oxygen atoms in total. The first-order valence-corrected chi connectivity index (χ1v) is 4.45. The smallest absolute Gasteiger partial charge is 0.119 e. The van der Waals surface area contributed by atoms with E-state index >= 15 is 0 Å². The molecule has 2 N–H and O–H groups in total. The van der Waals surface area contributed by atoms with E-state index in [9.17, 15) is 0 Å². The topological polar surface area (TPSA) is 43.8 Å². The maximum Gasteiger partial charge on any atom is 0.119 e. The number of nitrogens with two attached hydrogens (primary N) is 1. The summed E-state index contributed by atoms with van der Waals surface area (Å²) in [5.41, 5.74) is 6.62. The molecule has 0 spiro atoms. The number of aromatic nitrogens is 2. The van der Waals surface area contributed by atoms with Crippen LogP contribution in [-0.2, 0) is 0 Å². The lowest BCUT2D eigenvalue weighted by Gasteiger charge is -1.92. The lowest BCUT2D eigenvalue weighted by molar-refractivity contribution is 0.878. The van der Waals surface area contributed by atoms with Gasteiger partial charge in [0.1, 0.15) is 5.00 Å². The molecule has 0 aromatic carbocycles. The molecule has 0 saturated carbocycles. The van der Waals surface area contributed by atoms with Crippen molar-refractivity contribution in [2.75, 3.05) is 5.73 Å². The van der Waals surface area contributed by atoms with E-state index < -0.39 is 0 Å². The van der Waals surface area contributed by atoms with Crippen LogP contribution in [0.4, 0.5) is 5.00 Å². The summed E-state index contributed by atoms with van der Waals surface area (Å²) >= 11 is 1.53. The highest BCUT2D eigenvalue weighted by molar-refractivity contribution is 7.18. The average molecular weight is 179 g/mol. The van der Waals surface area contributed by atoms with Crippen LogP contribution in [0.25, 0.3) is 5.00 Å². The van der Waals surface area contributed by atoms with Crippen LogP contribution in [0.15, 0.2) is 24.4 Å². The van der Waals surface area contributed by atoms with Gasteiger partial charge in [-0.15, -0.1) is 0 Å². The lowest BCUT2D eigenvalue weighted by Crippen LogP contribution is -1.90. The first-order valence-electron chi connectivity index (χ1n) is 3.64. The van der Waals surface area contributed by atoms with Crippen LogP contribution < -0.4 is 5.73 Å². The SMILES string of the molecule is Cc1ccn(-c2ccc(N)s2)n1. The molecule has 2 aromatic rings. The van der Waals surface area contributed by atoms with Gasteiger partial charge in [-0.3, -0.25) is 0 Å². The van der Waals surface area contributed by atoms with E-state index in [0.717, 1.165) is 15.7 Å². The number of thiophene rings is 1. The van der Waals surface area contributed by atoms with Gasteiger partial charge < -0.3 is 5.73 Å². The number of aryl methyl sites for hydroxylation is 1. The van der Waals surface area contributed by atoms with Crippen molar-refractivity contribution < 1.29 is 0 Å². The van der Waals surface area contributed by atoms with Gasteiger partial charge in [-0.05, 0) is 25.1 Å². The summed E-state index contributed by atoms with van der Waals surface area (Å²) < 4.78 is 1.83. The van der Waals surface area contributed by atoms with Crippen LogP contribution in [-0.4, -0.2) is 9.78 Å². The van der Waals surface area contributed by atoms with E-state index in [1.165, 1.54) is 11.3 Å². The zero-order chi connectivity index (χ0) is 8.55. The van der Waals surface area contributed by atoms with Gasteiger partial charge in [0.25, 0.3) is 0 Å². The molecule has 12 heavy (non-hydrogen) atoms. The predicted octanol–water partition coefficient (Wildman–Crippen LogP) is 1.82. The van der Waals surface area contributed by atoms with E-state index in [1.54, 1.807) is 0 Å². The molecule has 2 heterocycles. The molecule has 0 atom stereocenters. The van der Waals surface area contributed by atoms with Gasteiger partial charge >= 0.3 is 0 Å². The number of nitrogen functional groups attached to an aromatic ring is 1. The second kappa shape index (κ2) is 2.64. The Balaban J connectivity index is 2.43. The van der Waals surface area contributed by atoms with Crippen molar-refractivity contribution in [3.05, 3.63) is 30.1 Å². The van der Waals surface area contributed by atoms with Crippen molar-refractivity contribution >= 4 is 16.3 Å². The number of nitrogens with zero attached hydrogens (tertiary/aromatic N) is 2. The van der Waals surface area contributed by atoms with Crippen LogP contribution in [0.5, 0.6) is 0 Å². The predicted molar refractivity (Wildman–Crippen MR) is 50.6 cm³/mol. The maximum absolute atomic E-state index is 5.60. The minimum atomic E-state index is 0.818. The third-order valence-electron chi connectivity index (χ3n) is 1.56. The highest BCUT2D eigenvalue weighted by Gasteiger charge is 1.99. The van der Waals surface area contributed by atoms with Gasteiger partial charge in [0.2, 0.25) is 0 Å². The first kappa shape index (κ1) is 7.36. The van der Waals surface area contributed by atoms with Crippen LogP contribution in [0.3, 0.4) is 0 Å². The Morgan fingerprint density at radius 1 is 1.42 bits per heavy atom. The molecule has 0 amide bonds. The van der Waals surface area contributed by atoms with Gasteiger partial charge in [0, 0.05) is 6.20 Å². The summed E-state index contributed by atoms with van der Waals surface area (Å²) in [6.45, 7) is 1.97. The van der Waals surface area contributed by atoms with Crippen LogP contribution in [0.1, 0.15) is 5.69 Å². The molecule has 0 saturated heterocycles. The summed E-state index contributed by atoms with van der Waals surface area (Å²) in [4.78, 5) is 0. The number of hydrogen-bond donors (Lipinski definition) is 1. The van der Waals surface area contributed by atoms with Crippen molar-refractivity contribution in [2.24, 2.45) is 0 Å². The van der Waals surface area contributed by atoms with E-state index in [4.69, 9.17) is 5.73 Å². The zero-order valence-electron chi connectivity index (χ0n) is 6.69. The zero-order valence-corrected chi connectivity index (χ0v) is 7.51. The molecule has 0 radical (unpaired) electrons. The molecule has 0 aliphatic rings. The van der Waals surface area contributed by atoms with Gasteiger partial charge in [0.15, 0.2) is 0 Å². The van der Waals surface area contributed by atoms with Crippen LogP contribution in [0, 0.1) is 6.92 Å². The molecular formula is C8H9N3S. The Morgan fingerprint density at radius 2 is 2.25 bits per heavy atom. The summed E-state index contributed by atoms with van der Waals surface area (Å²) in [6.07, 6.45) is 1.93. The van der Waals surface area contributed by atoms with E-state index in [1.807, 2.05) is 36.0 Å². The largest absolute Gasteiger partial charge is 0.391 e. The molecule has 62 valence electrons. The fourth-order valence-corrected chi connectivity index (χ4v) is 1.71. The van der Waals surface area contributed by atoms with E-state index in [2.05, 4.69) is 5.10 Å². The number of anilines is 1. The Hall–Kier alpha value is -1.29. The molecule has 0 aliphatic heterocycles. The maximum atomic E-state index is 5.60. The Kier molecular flexibility index (Phi) is 1.62. The van der Waals surface area contributed by atoms with Gasteiger partial charge in [0.05, 0.1) is 10.7 Å². The second-order valence-corrected chi connectivity index (χ2v) is 3.67. The molecule has 0 bridgehead atoms. The van der Waals surface area contributed by atoms with Gasteiger partial charge in [-0.1, -0.05) is 11.3 Å². The molecule has 2 aromatic heterocycles. The van der Waals surface area contributed by atoms with Crippen molar-refractivity contribution in [1.29, 1.82) is 0 Å². The highest BCUT2D eigenvalue weighted by atomic mass is 32.1. The Morgan fingerprint density at radius 3 is 2.75 bits per heavy atom. The molecule has 0 fully saturated rings. The van der Waals surface area contributed by atoms with Gasteiger partial charge in [-0.25, -0.2) is 4.68 Å². The number of hydrogen-bond acceptors (Lipinski definition) is 3. The average Bonchev–Trinajstić information content (AvgIpc) is 2.58. The van der Waals surface area contributed by atoms with Crippen molar-refractivity contribution in [3.63, 3.8) is 0 Å². The standard InChI is InChI=1S/C8H9N3S/c1-6-4-5-11(10-6)8-3-2-7(9)12-8/h2-5H,9H2,1H3. The fraction of sp³-hybridized carbons (Fsp3) is 0.125. The lowest BCUT2D eigenvalue weighted by atomic mass is 10.5. The molecular weight excluding hydrogens is 170 g/mol. The normalized spacial score (nSPS) is 10.4. The van der Waals surface area contributed by atoms with E-state index in [0.29, 0.717) is 0 Å². The number of rotatable bonds is 1. The van der Waals surface area contributed by atoms with Crippen molar-refractivity contribution in [3.8, 4) is 5.00 Å². The Bertz CT molecular complexity index is 350. The summed E-state index contributed by atoms with van der Waals surface area (Å²) in [6, 6.07) is 5.82. The van der Waals surface area contributed by atoms with Crippen LogP contribution >= 0.6 is 11.3 Å². The summed E-state index contributed by atoms with van der Waals surface area (Å²) in [5.74, 6) is 0. The first-order chi connectivity index (χ1) is 5.75. The molecule has 2 rings (SSSR count).